The lowest BCUT2D eigenvalue weighted by atomic mass is 9.92. The molecule has 0 unspecified atom stereocenters. The third kappa shape index (κ3) is 4.26. The van der Waals surface area contributed by atoms with E-state index in [1.54, 1.807) is 6.07 Å². The van der Waals surface area contributed by atoms with E-state index < -0.39 is 0 Å². The van der Waals surface area contributed by atoms with E-state index in [9.17, 15) is 4.79 Å². The predicted octanol–water partition coefficient (Wildman–Crippen LogP) is 3.12. The minimum Gasteiger partial charge on any atom is -0.345 e. The van der Waals surface area contributed by atoms with Gasteiger partial charge in [-0.1, -0.05) is 35.8 Å². The van der Waals surface area contributed by atoms with Crippen LogP contribution in [0.15, 0.2) is 28.7 Å². The molecule has 102 valence electrons. The Kier molecular flexibility index (Phi) is 7.52. The fourth-order valence-corrected chi connectivity index (χ4v) is 2.11. The fourth-order valence-electron chi connectivity index (χ4n) is 1.71. The summed E-state index contributed by atoms with van der Waals surface area (Å²) < 4.78 is 0.900. The van der Waals surface area contributed by atoms with Crippen LogP contribution in [-0.4, -0.2) is 18.0 Å². The Balaban J connectivity index is 0.00000289. The Bertz CT molecular complexity index is 386. The molecule has 0 aliphatic heterocycles. The van der Waals surface area contributed by atoms with Crippen molar-refractivity contribution in [3.05, 3.63) is 34.3 Å². The van der Waals surface area contributed by atoms with Crippen LogP contribution >= 0.6 is 28.3 Å². The zero-order valence-electron chi connectivity index (χ0n) is 10.7. The highest BCUT2D eigenvalue weighted by atomic mass is 79.9. The van der Waals surface area contributed by atoms with Crippen LogP contribution in [0.2, 0.25) is 0 Å². The molecular weight excluding hydrogens is 316 g/mol. The van der Waals surface area contributed by atoms with Crippen LogP contribution in [0.4, 0.5) is 0 Å². The number of halogens is 2. The molecule has 3 nitrogen and oxygen atoms in total. The molecule has 5 heteroatoms. The third-order valence-electron chi connectivity index (χ3n) is 3.21. The minimum atomic E-state index is -0.292. The van der Waals surface area contributed by atoms with Gasteiger partial charge in [-0.3, -0.25) is 4.79 Å². The lowest BCUT2D eigenvalue weighted by Gasteiger charge is -2.31. The number of hydrogen-bond donors (Lipinski definition) is 2. The maximum atomic E-state index is 12.1. The summed E-state index contributed by atoms with van der Waals surface area (Å²) in [4.78, 5) is 12.1. The summed E-state index contributed by atoms with van der Waals surface area (Å²) in [7, 11) is 0. The van der Waals surface area contributed by atoms with Crippen LogP contribution in [0.5, 0.6) is 0 Å². The molecule has 0 fully saturated rings. The number of hydrogen-bond acceptors (Lipinski definition) is 2. The van der Waals surface area contributed by atoms with Crippen molar-refractivity contribution in [3.63, 3.8) is 0 Å². The van der Waals surface area contributed by atoms with E-state index >= 15 is 0 Å². The lowest BCUT2D eigenvalue weighted by molar-refractivity contribution is 0.0895. The van der Waals surface area contributed by atoms with Gasteiger partial charge in [0, 0.05) is 16.6 Å². The Morgan fingerprint density at radius 1 is 1.39 bits per heavy atom. The summed E-state index contributed by atoms with van der Waals surface area (Å²) in [6.07, 6.45) is 1.67. The Morgan fingerprint density at radius 3 is 2.44 bits per heavy atom. The molecule has 1 aromatic rings. The molecule has 3 N–H and O–H groups in total. The first-order chi connectivity index (χ1) is 8.06. The van der Waals surface area contributed by atoms with Crippen molar-refractivity contribution < 1.29 is 4.79 Å². The van der Waals surface area contributed by atoms with E-state index in [2.05, 4.69) is 21.2 Å². The molecule has 0 atom stereocenters. The smallest absolute Gasteiger partial charge is 0.251 e. The molecule has 0 aliphatic rings. The van der Waals surface area contributed by atoms with Gasteiger partial charge in [-0.15, -0.1) is 12.4 Å². The van der Waals surface area contributed by atoms with Gasteiger partial charge in [0.1, 0.15) is 0 Å². The number of benzene rings is 1. The predicted molar refractivity (Wildman–Crippen MR) is 81.2 cm³/mol. The van der Waals surface area contributed by atoms with Crippen molar-refractivity contribution in [1.29, 1.82) is 0 Å². The quantitative estimate of drug-likeness (QED) is 0.868. The molecule has 18 heavy (non-hydrogen) atoms. The van der Waals surface area contributed by atoms with Crippen LogP contribution in [0.3, 0.4) is 0 Å². The van der Waals surface area contributed by atoms with Crippen LogP contribution in [0.1, 0.15) is 37.0 Å². The lowest BCUT2D eigenvalue weighted by Crippen LogP contribution is -2.52. The molecule has 0 saturated heterocycles. The highest BCUT2D eigenvalue weighted by Gasteiger charge is 2.26. The van der Waals surface area contributed by atoms with E-state index in [-0.39, 0.29) is 23.9 Å². The SMILES string of the molecule is CCC(CC)(CN)NC(=O)c1cccc(Br)c1.Cl. The molecule has 0 bridgehead atoms. The van der Waals surface area contributed by atoms with Gasteiger partial charge < -0.3 is 11.1 Å². The van der Waals surface area contributed by atoms with Crippen molar-refractivity contribution in [2.75, 3.05) is 6.54 Å². The molecular formula is C13H20BrClN2O. The average molecular weight is 336 g/mol. The summed E-state index contributed by atoms with van der Waals surface area (Å²) in [6.45, 7) is 4.54. The topological polar surface area (TPSA) is 55.1 Å². The van der Waals surface area contributed by atoms with Crippen molar-refractivity contribution in [2.24, 2.45) is 5.73 Å². The molecule has 0 aliphatic carbocycles. The van der Waals surface area contributed by atoms with Crippen LogP contribution in [0, 0.1) is 0 Å². The molecule has 0 aromatic heterocycles. The second-order valence-corrected chi connectivity index (χ2v) is 5.07. The van der Waals surface area contributed by atoms with Crippen LogP contribution < -0.4 is 11.1 Å². The number of carbonyl (C=O) groups is 1. The average Bonchev–Trinajstić information content (AvgIpc) is 2.36. The first-order valence-corrected chi connectivity index (χ1v) is 6.64. The first kappa shape index (κ1) is 17.4. The van der Waals surface area contributed by atoms with Gasteiger partial charge in [0.2, 0.25) is 0 Å². The summed E-state index contributed by atoms with van der Waals surface area (Å²) >= 11 is 3.36. The Morgan fingerprint density at radius 2 is 2.00 bits per heavy atom. The van der Waals surface area contributed by atoms with Gasteiger partial charge in [0.05, 0.1) is 5.54 Å². The zero-order valence-corrected chi connectivity index (χ0v) is 13.1. The van der Waals surface area contributed by atoms with Gasteiger partial charge in [0.25, 0.3) is 5.91 Å². The standard InChI is InChI=1S/C13H19BrN2O.ClH/c1-3-13(4-2,9-15)16-12(17)10-6-5-7-11(14)8-10;/h5-8H,3-4,9,15H2,1-2H3,(H,16,17);1H. The number of amides is 1. The molecule has 0 spiro atoms. The maximum Gasteiger partial charge on any atom is 0.251 e. The molecule has 0 radical (unpaired) electrons. The molecule has 0 heterocycles. The van der Waals surface area contributed by atoms with Crippen molar-refractivity contribution in [1.82, 2.24) is 5.32 Å². The van der Waals surface area contributed by atoms with Crippen LogP contribution in [-0.2, 0) is 0 Å². The van der Waals surface area contributed by atoms with Gasteiger partial charge in [-0.2, -0.15) is 0 Å². The molecule has 1 rings (SSSR count). The van der Waals surface area contributed by atoms with Gasteiger partial charge in [-0.25, -0.2) is 0 Å². The van der Waals surface area contributed by atoms with Crippen LogP contribution in [0.25, 0.3) is 0 Å². The third-order valence-corrected chi connectivity index (χ3v) is 3.70. The number of carbonyl (C=O) groups excluding carboxylic acids is 1. The number of nitrogens with two attached hydrogens (primary N) is 1. The number of rotatable bonds is 5. The van der Waals surface area contributed by atoms with E-state index in [0.717, 1.165) is 17.3 Å². The van der Waals surface area contributed by atoms with Crippen molar-refractivity contribution in [2.45, 2.75) is 32.2 Å². The Hall–Kier alpha value is -0.580. The molecule has 0 saturated carbocycles. The van der Waals surface area contributed by atoms with E-state index in [1.165, 1.54) is 0 Å². The molecule has 1 amide bonds. The van der Waals surface area contributed by atoms with Crippen molar-refractivity contribution >= 4 is 34.2 Å². The van der Waals surface area contributed by atoms with Crippen molar-refractivity contribution in [3.8, 4) is 0 Å². The maximum absolute atomic E-state index is 12.1. The highest BCUT2D eigenvalue weighted by Crippen LogP contribution is 2.16. The normalized spacial score (nSPS) is 10.7. The monoisotopic (exact) mass is 334 g/mol. The summed E-state index contributed by atoms with van der Waals surface area (Å²) in [6, 6.07) is 7.35. The largest absolute Gasteiger partial charge is 0.345 e. The van der Waals surface area contributed by atoms with E-state index in [1.807, 2.05) is 32.0 Å². The Labute approximate surface area is 123 Å². The summed E-state index contributed by atoms with van der Waals surface area (Å²) in [5, 5.41) is 3.04. The van der Waals surface area contributed by atoms with E-state index in [0.29, 0.717) is 12.1 Å². The van der Waals surface area contributed by atoms with Gasteiger partial charge >= 0.3 is 0 Å². The minimum absolute atomic E-state index is 0. The summed E-state index contributed by atoms with van der Waals surface area (Å²) in [5.41, 5.74) is 6.12. The van der Waals surface area contributed by atoms with Gasteiger partial charge in [-0.05, 0) is 31.0 Å². The second kappa shape index (κ2) is 7.77. The second-order valence-electron chi connectivity index (χ2n) is 4.16. The van der Waals surface area contributed by atoms with Gasteiger partial charge in [0.15, 0.2) is 0 Å². The first-order valence-electron chi connectivity index (χ1n) is 5.85. The molecule has 1 aromatic carbocycles. The number of nitrogens with one attached hydrogen (secondary N) is 1. The fraction of sp³-hybridized carbons (Fsp3) is 0.462. The van der Waals surface area contributed by atoms with E-state index in [4.69, 9.17) is 5.73 Å². The summed E-state index contributed by atoms with van der Waals surface area (Å²) in [5.74, 6) is -0.0690. The zero-order chi connectivity index (χ0) is 12.9. The highest BCUT2D eigenvalue weighted by molar-refractivity contribution is 9.10.